The lowest BCUT2D eigenvalue weighted by Gasteiger charge is -2.39. The second kappa shape index (κ2) is 6.12. The summed E-state index contributed by atoms with van der Waals surface area (Å²) >= 11 is 0. The van der Waals surface area contributed by atoms with Crippen LogP contribution in [0.4, 0.5) is 13.2 Å². The Hall–Kier alpha value is -2.02. The van der Waals surface area contributed by atoms with Crippen LogP contribution in [0.1, 0.15) is 24.8 Å². The van der Waals surface area contributed by atoms with Crippen molar-refractivity contribution in [2.24, 2.45) is 0 Å². The number of methoxy groups -OCH3 is 1. The molecule has 1 spiro atoms. The first-order chi connectivity index (χ1) is 11.4. The number of Topliss-reactive ketones (excluding diaryl/α,β-unsaturated/α-hetero) is 1. The Bertz CT molecular complexity index is 671. The van der Waals surface area contributed by atoms with Crippen LogP contribution in [0.5, 0.6) is 5.75 Å². The van der Waals surface area contributed by atoms with E-state index in [4.69, 9.17) is 14.2 Å². The van der Waals surface area contributed by atoms with Gasteiger partial charge in [-0.05, 0) is 31.4 Å². The summed E-state index contributed by atoms with van der Waals surface area (Å²) in [4.78, 5) is 12.2. The fourth-order valence-electron chi connectivity index (χ4n) is 3.21. The van der Waals surface area contributed by atoms with Crippen molar-refractivity contribution in [2.45, 2.75) is 31.0 Å². The van der Waals surface area contributed by atoms with E-state index in [0.717, 1.165) is 0 Å². The second-order valence-electron chi connectivity index (χ2n) is 5.84. The van der Waals surface area contributed by atoms with Gasteiger partial charge in [-0.2, -0.15) is 13.2 Å². The number of benzene rings is 1. The summed E-state index contributed by atoms with van der Waals surface area (Å²) in [6.07, 6.45) is -3.48. The molecule has 2 aliphatic rings. The largest absolute Gasteiger partial charge is 0.495 e. The lowest BCUT2D eigenvalue weighted by Crippen LogP contribution is -2.50. The Labute approximate surface area is 137 Å². The fourth-order valence-corrected chi connectivity index (χ4v) is 3.21. The van der Waals surface area contributed by atoms with E-state index < -0.39 is 23.1 Å². The standard InChI is InChI=1S/C17H17F3O4/c1-22-14-11-6-2-3-7-12(11)24-16(8-4-5-9-23-10-16)13(14)15(21)17(18,19)20/h2-3,6-7H,4-5,8-10H2,1H3. The molecule has 0 saturated carbocycles. The Morgan fingerprint density at radius 3 is 2.71 bits per heavy atom. The van der Waals surface area contributed by atoms with E-state index in [9.17, 15) is 18.0 Å². The number of fused-ring (bicyclic) bond motifs is 1. The first-order valence-corrected chi connectivity index (χ1v) is 7.65. The lowest BCUT2D eigenvalue weighted by atomic mass is 9.82. The summed E-state index contributed by atoms with van der Waals surface area (Å²) in [5, 5.41) is 0. The molecule has 0 aromatic heterocycles. The Balaban J connectivity index is 2.24. The summed E-state index contributed by atoms with van der Waals surface area (Å²) in [5.74, 6) is -1.65. The molecule has 1 unspecified atom stereocenters. The number of hydrogen-bond acceptors (Lipinski definition) is 4. The van der Waals surface area contributed by atoms with Crippen molar-refractivity contribution < 1.29 is 32.2 Å². The number of carbonyl (C=O) groups excluding carboxylic acids is 1. The molecule has 0 amide bonds. The number of carbonyl (C=O) groups is 1. The third-order valence-corrected chi connectivity index (χ3v) is 4.26. The normalized spacial score (nSPS) is 24.2. The van der Waals surface area contributed by atoms with Crippen LogP contribution < -0.4 is 4.74 Å². The Morgan fingerprint density at radius 1 is 1.25 bits per heavy atom. The third kappa shape index (κ3) is 2.77. The van der Waals surface area contributed by atoms with Gasteiger partial charge in [-0.15, -0.1) is 0 Å². The minimum Gasteiger partial charge on any atom is -0.495 e. The topological polar surface area (TPSA) is 44.8 Å². The van der Waals surface area contributed by atoms with Crippen molar-refractivity contribution in [3.05, 3.63) is 35.4 Å². The van der Waals surface area contributed by atoms with Gasteiger partial charge in [0.2, 0.25) is 0 Å². The van der Waals surface area contributed by atoms with E-state index in [0.29, 0.717) is 30.8 Å². The lowest BCUT2D eigenvalue weighted by molar-refractivity contribution is -0.169. The van der Waals surface area contributed by atoms with Crippen molar-refractivity contribution in [1.82, 2.24) is 0 Å². The van der Waals surface area contributed by atoms with E-state index in [1.54, 1.807) is 24.3 Å². The maximum absolute atomic E-state index is 13.2. The molecule has 0 radical (unpaired) electrons. The number of para-hydroxylation sites is 1. The minimum absolute atomic E-state index is 0.0929. The van der Waals surface area contributed by atoms with Crippen molar-refractivity contribution in [3.63, 3.8) is 0 Å². The number of ether oxygens (including phenoxy) is 3. The molecule has 1 saturated heterocycles. The van der Waals surface area contributed by atoms with E-state index in [1.165, 1.54) is 7.11 Å². The van der Waals surface area contributed by atoms with Crippen LogP contribution in [0.2, 0.25) is 0 Å². The predicted molar refractivity (Wildman–Crippen MR) is 79.5 cm³/mol. The highest BCUT2D eigenvalue weighted by molar-refractivity contribution is 6.07. The second-order valence-corrected chi connectivity index (χ2v) is 5.84. The SMILES string of the molecule is COC1=C(C(=O)C(F)(F)F)C2(CCCCOC2)Oc2ccccc21. The van der Waals surface area contributed by atoms with Gasteiger partial charge in [0, 0.05) is 6.61 Å². The monoisotopic (exact) mass is 342 g/mol. The number of rotatable bonds is 2. The van der Waals surface area contributed by atoms with Crippen molar-refractivity contribution in [2.75, 3.05) is 20.3 Å². The molecule has 3 rings (SSSR count). The minimum atomic E-state index is -5.02. The Morgan fingerprint density at radius 2 is 2.00 bits per heavy atom. The van der Waals surface area contributed by atoms with Crippen LogP contribution in [0.25, 0.3) is 5.76 Å². The number of hydrogen-bond donors (Lipinski definition) is 0. The molecule has 1 atom stereocenters. The van der Waals surface area contributed by atoms with Gasteiger partial charge in [-0.3, -0.25) is 4.79 Å². The molecule has 4 nitrogen and oxygen atoms in total. The fraction of sp³-hybridized carbons (Fsp3) is 0.471. The zero-order chi connectivity index (χ0) is 17.4. The summed E-state index contributed by atoms with van der Waals surface area (Å²) in [5.41, 5.74) is -1.65. The predicted octanol–water partition coefficient (Wildman–Crippen LogP) is 3.51. The summed E-state index contributed by atoms with van der Waals surface area (Å²) in [6.45, 7) is 0.300. The maximum Gasteiger partial charge on any atom is 0.454 e. The zero-order valence-corrected chi connectivity index (χ0v) is 13.1. The van der Waals surface area contributed by atoms with Gasteiger partial charge >= 0.3 is 6.18 Å². The van der Waals surface area contributed by atoms with Crippen LogP contribution in [-0.2, 0) is 14.3 Å². The van der Waals surface area contributed by atoms with Crippen LogP contribution in [0.15, 0.2) is 29.8 Å². The molecule has 1 aromatic rings. The molecule has 7 heteroatoms. The van der Waals surface area contributed by atoms with Crippen molar-refractivity contribution in [3.8, 4) is 5.75 Å². The molecular formula is C17H17F3O4. The van der Waals surface area contributed by atoms with Crippen molar-refractivity contribution in [1.29, 1.82) is 0 Å². The molecule has 0 aliphatic carbocycles. The highest BCUT2D eigenvalue weighted by Gasteiger charge is 2.54. The van der Waals surface area contributed by atoms with Crippen LogP contribution in [0, 0.1) is 0 Å². The van der Waals surface area contributed by atoms with E-state index >= 15 is 0 Å². The number of ketones is 1. The molecular weight excluding hydrogens is 325 g/mol. The Kier molecular flexibility index (Phi) is 4.29. The zero-order valence-electron chi connectivity index (χ0n) is 13.1. The smallest absolute Gasteiger partial charge is 0.454 e. The van der Waals surface area contributed by atoms with E-state index in [2.05, 4.69) is 0 Å². The van der Waals surface area contributed by atoms with Gasteiger partial charge in [0.1, 0.15) is 11.5 Å². The molecule has 2 heterocycles. The first kappa shape index (κ1) is 16.8. The van der Waals surface area contributed by atoms with Crippen molar-refractivity contribution >= 4 is 11.5 Å². The summed E-state index contributed by atoms with van der Waals surface area (Å²) in [6, 6.07) is 6.59. The molecule has 1 fully saturated rings. The first-order valence-electron chi connectivity index (χ1n) is 7.65. The van der Waals surface area contributed by atoms with Gasteiger partial charge in [-0.1, -0.05) is 12.1 Å². The molecule has 130 valence electrons. The third-order valence-electron chi connectivity index (χ3n) is 4.26. The summed E-state index contributed by atoms with van der Waals surface area (Å²) in [7, 11) is 1.26. The van der Waals surface area contributed by atoms with Gasteiger partial charge in [0.25, 0.3) is 5.78 Å². The van der Waals surface area contributed by atoms with Crippen LogP contribution in [0.3, 0.4) is 0 Å². The maximum atomic E-state index is 13.2. The van der Waals surface area contributed by atoms with Crippen LogP contribution in [-0.4, -0.2) is 37.9 Å². The average Bonchev–Trinajstić information content (AvgIpc) is 2.78. The van der Waals surface area contributed by atoms with E-state index in [1.807, 2.05) is 0 Å². The summed E-state index contributed by atoms with van der Waals surface area (Å²) < 4.78 is 56.3. The van der Waals surface area contributed by atoms with Gasteiger partial charge in [0.05, 0.1) is 24.9 Å². The highest BCUT2D eigenvalue weighted by Crippen LogP contribution is 2.46. The number of halogens is 3. The molecule has 2 aliphatic heterocycles. The average molecular weight is 342 g/mol. The molecule has 0 N–H and O–H groups in total. The van der Waals surface area contributed by atoms with Gasteiger partial charge < -0.3 is 14.2 Å². The van der Waals surface area contributed by atoms with Gasteiger partial charge in [-0.25, -0.2) is 0 Å². The number of alkyl halides is 3. The molecule has 0 bridgehead atoms. The van der Waals surface area contributed by atoms with E-state index in [-0.39, 0.29) is 18.8 Å². The molecule has 1 aromatic carbocycles. The van der Waals surface area contributed by atoms with Gasteiger partial charge in [0.15, 0.2) is 5.60 Å². The highest BCUT2D eigenvalue weighted by atomic mass is 19.4. The quantitative estimate of drug-likeness (QED) is 0.825. The van der Waals surface area contributed by atoms with Crippen LogP contribution >= 0.6 is 0 Å². The molecule has 24 heavy (non-hydrogen) atoms.